The van der Waals surface area contributed by atoms with Crippen LogP contribution in [0.4, 0.5) is 13.2 Å². The molecule has 0 radical (unpaired) electrons. The first kappa shape index (κ1) is 28.5. The molecular formula is C31H24BrF3O3S. The number of carboxylic acids is 1. The fourth-order valence-corrected chi connectivity index (χ4v) is 5.09. The number of aliphatic carboxylic acids is 1. The Bertz CT molecular complexity index is 1460. The third-order valence-electron chi connectivity index (χ3n) is 5.93. The molecule has 0 aromatic heterocycles. The molecule has 8 heteroatoms. The minimum absolute atomic E-state index is 0.385. The van der Waals surface area contributed by atoms with Crippen molar-refractivity contribution >= 4 is 39.2 Å². The maximum atomic E-state index is 12.9. The SMILES string of the molecule is Cc1cc(SC/C=C(\c2ccc(Br)cc2)c2ccc(-c3ccc(C(F)(F)F)cc3)cc2)ccc1OCC(=O)O. The van der Waals surface area contributed by atoms with E-state index in [1.807, 2.05) is 67.6 Å². The summed E-state index contributed by atoms with van der Waals surface area (Å²) in [6.45, 7) is 1.49. The Labute approximate surface area is 237 Å². The standard InChI is InChI=1S/C31H24BrF3O3S/c1-20-18-27(14-15-29(20)38-19-30(36)37)39-17-16-28(24-8-12-26(32)13-9-24)23-4-2-21(3-5-23)22-6-10-25(11-7-22)31(33,34)35/h2-16,18H,17,19H2,1H3,(H,36,37)/b28-16-. The summed E-state index contributed by atoms with van der Waals surface area (Å²) in [6, 6.07) is 26.6. The second kappa shape index (κ2) is 12.6. The van der Waals surface area contributed by atoms with Crippen LogP contribution in [0.1, 0.15) is 22.3 Å². The van der Waals surface area contributed by atoms with Crippen LogP contribution in [0, 0.1) is 6.92 Å². The normalized spacial score (nSPS) is 11.9. The van der Waals surface area contributed by atoms with E-state index in [4.69, 9.17) is 9.84 Å². The summed E-state index contributed by atoms with van der Waals surface area (Å²) < 4.78 is 45.0. The van der Waals surface area contributed by atoms with Crippen LogP contribution in [0.15, 0.2) is 106 Å². The van der Waals surface area contributed by atoms with Crippen molar-refractivity contribution in [1.82, 2.24) is 0 Å². The molecule has 0 aliphatic rings. The van der Waals surface area contributed by atoms with Gasteiger partial charge >= 0.3 is 12.1 Å². The Morgan fingerprint density at radius 1 is 0.897 bits per heavy atom. The van der Waals surface area contributed by atoms with Crippen molar-refractivity contribution in [2.45, 2.75) is 18.0 Å². The molecule has 4 rings (SSSR count). The van der Waals surface area contributed by atoms with Gasteiger partial charge in [-0.2, -0.15) is 13.2 Å². The van der Waals surface area contributed by atoms with E-state index in [-0.39, 0.29) is 6.61 Å². The number of hydrogen-bond donors (Lipinski definition) is 1. The van der Waals surface area contributed by atoms with Crippen LogP contribution >= 0.6 is 27.7 Å². The lowest BCUT2D eigenvalue weighted by Crippen LogP contribution is -2.09. The maximum Gasteiger partial charge on any atom is 0.416 e. The van der Waals surface area contributed by atoms with Gasteiger partial charge in [-0.25, -0.2) is 4.79 Å². The summed E-state index contributed by atoms with van der Waals surface area (Å²) in [5, 5.41) is 8.83. The topological polar surface area (TPSA) is 46.5 Å². The summed E-state index contributed by atoms with van der Waals surface area (Å²) in [5.74, 6) is 0.202. The molecule has 0 aliphatic carbocycles. The van der Waals surface area contributed by atoms with E-state index < -0.39 is 17.7 Å². The van der Waals surface area contributed by atoms with Gasteiger partial charge in [0.25, 0.3) is 0 Å². The number of carboxylic acid groups (broad SMARTS) is 1. The Morgan fingerprint density at radius 3 is 2.00 bits per heavy atom. The van der Waals surface area contributed by atoms with E-state index in [0.717, 1.165) is 49.3 Å². The molecule has 0 unspecified atom stereocenters. The van der Waals surface area contributed by atoms with Gasteiger partial charge < -0.3 is 9.84 Å². The third kappa shape index (κ3) is 7.77. The molecule has 3 nitrogen and oxygen atoms in total. The molecule has 0 saturated carbocycles. The van der Waals surface area contributed by atoms with Gasteiger partial charge in [0.2, 0.25) is 0 Å². The molecular weight excluding hydrogens is 589 g/mol. The molecule has 200 valence electrons. The monoisotopic (exact) mass is 612 g/mol. The highest BCUT2D eigenvalue weighted by Gasteiger charge is 2.29. The van der Waals surface area contributed by atoms with Crippen LogP contribution in [0.2, 0.25) is 0 Å². The Morgan fingerprint density at radius 2 is 1.46 bits per heavy atom. The van der Waals surface area contributed by atoms with E-state index in [0.29, 0.717) is 17.1 Å². The molecule has 0 heterocycles. The molecule has 39 heavy (non-hydrogen) atoms. The molecule has 0 atom stereocenters. The first-order valence-corrected chi connectivity index (χ1v) is 13.7. The van der Waals surface area contributed by atoms with Gasteiger partial charge in [0.1, 0.15) is 5.75 Å². The van der Waals surface area contributed by atoms with E-state index >= 15 is 0 Å². The Balaban J connectivity index is 1.54. The van der Waals surface area contributed by atoms with Crippen molar-refractivity contribution in [3.8, 4) is 16.9 Å². The van der Waals surface area contributed by atoms with Gasteiger partial charge in [-0.05, 0) is 82.8 Å². The summed E-state index contributed by atoms with van der Waals surface area (Å²) in [6.07, 6.45) is -2.22. The number of carbonyl (C=O) groups is 1. The second-order valence-corrected chi connectivity index (χ2v) is 10.7. The van der Waals surface area contributed by atoms with E-state index in [1.54, 1.807) is 17.8 Å². The summed E-state index contributed by atoms with van der Waals surface area (Å²) in [5.41, 5.74) is 4.79. The van der Waals surface area contributed by atoms with Crippen molar-refractivity contribution in [3.63, 3.8) is 0 Å². The average Bonchev–Trinajstić information content (AvgIpc) is 2.91. The molecule has 0 aliphatic heterocycles. The van der Waals surface area contributed by atoms with Crippen LogP contribution in [0.3, 0.4) is 0 Å². The van der Waals surface area contributed by atoms with Gasteiger partial charge in [0, 0.05) is 15.1 Å². The molecule has 4 aromatic carbocycles. The quantitative estimate of drug-likeness (QED) is 0.191. The zero-order valence-corrected chi connectivity index (χ0v) is 23.2. The first-order valence-electron chi connectivity index (χ1n) is 11.9. The van der Waals surface area contributed by atoms with Crippen molar-refractivity contribution in [1.29, 1.82) is 0 Å². The molecule has 1 N–H and O–H groups in total. The first-order chi connectivity index (χ1) is 18.6. The van der Waals surface area contributed by atoms with E-state index in [9.17, 15) is 18.0 Å². The molecule has 4 aromatic rings. The zero-order chi connectivity index (χ0) is 28.0. The molecule has 0 saturated heterocycles. The highest BCUT2D eigenvalue weighted by Crippen LogP contribution is 2.33. The van der Waals surface area contributed by atoms with E-state index in [2.05, 4.69) is 22.0 Å². The average molecular weight is 613 g/mol. The van der Waals surface area contributed by atoms with E-state index in [1.165, 1.54) is 12.1 Å². The maximum absolute atomic E-state index is 12.9. The minimum atomic E-state index is -4.36. The predicted octanol–water partition coefficient (Wildman–Crippen LogP) is 9.13. The molecule has 0 spiro atoms. The number of rotatable bonds is 9. The summed E-state index contributed by atoms with van der Waals surface area (Å²) in [7, 11) is 0. The van der Waals surface area contributed by atoms with Gasteiger partial charge in [0.05, 0.1) is 5.56 Å². The highest BCUT2D eigenvalue weighted by atomic mass is 79.9. The van der Waals surface area contributed by atoms with Gasteiger partial charge in [0.15, 0.2) is 6.61 Å². The minimum Gasteiger partial charge on any atom is -0.482 e. The van der Waals surface area contributed by atoms with Crippen LogP contribution in [-0.4, -0.2) is 23.4 Å². The van der Waals surface area contributed by atoms with Crippen molar-refractivity contribution in [2.75, 3.05) is 12.4 Å². The zero-order valence-electron chi connectivity index (χ0n) is 20.8. The van der Waals surface area contributed by atoms with Gasteiger partial charge in [-0.15, -0.1) is 11.8 Å². The number of ether oxygens (including phenoxy) is 1. The lowest BCUT2D eigenvalue weighted by molar-refractivity contribution is -0.139. The van der Waals surface area contributed by atoms with Crippen LogP contribution in [0.5, 0.6) is 5.75 Å². The fraction of sp³-hybridized carbons (Fsp3) is 0.129. The summed E-state index contributed by atoms with van der Waals surface area (Å²) in [4.78, 5) is 11.8. The molecule has 0 bridgehead atoms. The van der Waals surface area contributed by atoms with Gasteiger partial charge in [-0.3, -0.25) is 0 Å². The van der Waals surface area contributed by atoms with Crippen LogP contribution in [0.25, 0.3) is 16.7 Å². The lowest BCUT2D eigenvalue weighted by Gasteiger charge is -2.12. The molecule has 0 amide bonds. The number of alkyl halides is 3. The number of hydrogen-bond acceptors (Lipinski definition) is 3. The predicted molar refractivity (Wildman–Crippen MR) is 153 cm³/mol. The van der Waals surface area contributed by atoms with Gasteiger partial charge in [-0.1, -0.05) is 70.5 Å². The van der Waals surface area contributed by atoms with Crippen LogP contribution < -0.4 is 4.74 Å². The summed E-state index contributed by atoms with van der Waals surface area (Å²) >= 11 is 5.12. The van der Waals surface area contributed by atoms with Crippen molar-refractivity contribution in [3.05, 3.63) is 124 Å². The molecule has 0 fully saturated rings. The van der Waals surface area contributed by atoms with Crippen molar-refractivity contribution < 1.29 is 27.8 Å². The smallest absolute Gasteiger partial charge is 0.416 e. The Hall–Kier alpha value is -3.49. The number of thioether (sulfide) groups is 1. The number of benzene rings is 4. The largest absolute Gasteiger partial charge is 0.482 e. The second-order valence-electron chi connectivity index (χ2n) is 8.70. The lowest BCUT2D eigenvalue weighted by atomic mass is 9.95. The highest BCUT2D eigenvalue weighted by molar-refractivity contribution is 9.10. The fourth-order valence-electron chi connectivity index (χ4n) is 3.96. The van der Waals surface area contributed by atoms with Crippen molar-refractivity contribution in [2.24, 2.45) is 0 Å². The van der Waals surface area contributed by atoms with Crippen LogP contribution in [-0.2, 0) is 11.0 Å². The Kier molecular flexibility index (Phi) is 9.20. The number of halogens is 4. The third-order valence-corrected chi connectivity index (χ3v) is 7.38. The number of aryl methyl sites for hydroxylation is 1.